The number of carbonyl (C=O) groups is 1. The Morgan fingerprint density at radius 3 is 2.43 bits per heavy atom. The number of carbonyl (C=O) groups excluding carboxylic acids is 1. The summed E-state index contributed by atoms with van der Waals surface area (Å²) >= 11 is 1.93. The maximum absolute atomic E-state index is 12.9. The Balaban J connectivity index is 1.58. The number of hydrogen-bond acceptors (Lipinski definition) is 3. The minimum atomic E-state index is -0.255. The van der Waals surface area contributed by atoms with Gasteiger partial charge in [-0.15, -0.1) is 0 Å². The lowest BCUT2D eigenvalue weighted by atomic mass is 9.70. The van der Waals surface area contributed by atoms with Gasteiger partial charge in [0.2, 0.25) is 0 Å². The molecule has 2 nitrogen and oxygen atoms in total. The van der Waals surface area contributed by atoms with Crippen LogP contribution in [0, 0.1) is 16.7 Å². The summed E-state index contributed by atoms with van der Waals surface area (Å²) < 4.78 is 0. The van der Waals surface area contributed by atoms with Gasteiger partial charge in [-0.1, -0.05) is 89.6 Å². The number of rotatable bonds is 13. The summed E-state index contributed by atoms with van der Waals surface area (Å²) in [4.78, 5) is 12.9. The highest BCUT2D eigenvalue weighted by atomic mass is 32.2. The molecule has 1 aromatic carbocycles. The second-order valence-corrected chi connectivity index (χ2v) is 11.5. The topological polar surface area (TPSA) is 37.3 Å². The van der Waals surface area contributed by atoms with Crippen LogP contribution in [0.25, 0.3) is 0 Å². The molecule has 0 saturated heterocycles. The Labute approximate surface area is 188 Å². The molecule has 0 spiro atoms. The number of Topliss-reactive ketones (excluding diaryl/α,β-unsaturated/α-hetero) is 1. The molecule has 1 aromatic rings. The second kappa shape index (κ2) is 10.7. The number of aliphatic hydroxyl groups excluding tert-OH is 1. The van der Waals surface area contributed by atoms with E-state index in [2.05, 4.69) is 51.1 Å². The molecule has 0 aliphatic heterocycles. The molecule has 2 aliphatic rings. The summed E-state index contributed by atoms with van der Waals surface area (Å²) in [6.07, 6.45) is 12.0. The fraction of sp³-hybridized carbons (Fsp3) is 0.741. The molecule has 0 aromatic heterocycles. The van der Waals surface area contributed by atoms with Gasteiger partial charge in [0.15, 0.2) is 0 Å². The SMILES string of the molecule is CCCCCCCC[C@@H](O)C[C@H](SC[C@@]12CC[C@@H](CC1=O)C2(C)C)c1ccccc1. The van der Waals surface area contributed by atoms with E-state index in [1.54, 1.807) is 0 Å². The maximum Gasteiger partial charge on any atom is 0.140 e. The van der Waals surface area contributed by atoms with Gasteiger partial charge >= 0.3 is 0 Å². The van der Waals surface area contributed by atoms with Crippen molar-refractivity contribution >= 4 is 17.5 Å². The molecular weight excluding hydrogens is 388 g/mol. The second-order valence-electron chi connectivity index (χ2n) is 10.3. The van der Waals surface area contributed by atoms with Gasteiger partial charge in [0.25, 0.3) is 0 Å². The minimum absolute atomic E-state index is 0.120. The predicted molar refractivity (Wildman–Crippen MR) is 129 cm³/mol. The minimum Gasteiger partial charge on any atom is -0.393 e. The lowest BCUT2D eigenvalue weighted by molar-refractivity contribution is -0.127. The van der Waals surface area contributed by atoms with Crippen molar-refractivity contribution in [2.24, 2.45) is 16.7 Å². The van der Waals surface area contributed by atoms with E-state index in [4.69, 9.17) is 0 Å². The number of ketones is 1. The van der Waals surface area contributed by atoms with E-state index in [-0.39, 0.29) is 22.2 Å². The first-order valence-electron chi connectivity index (χ1n) is 12.3. The molecule has 3 rings (SSSR count). The third kappa shape index (κ3) is 5.15. The molecule has 3 heteroatoms. The molecule has 4 atom stereocenters. The number of hydrogen-bond donors (Lipinski definition) is 1. The summed E-state index contributed by atoms with van der Waals surface area (Å²) in [7, 11) is 0. The summed E-state index contributed by atoms with van der Waals surface area (Å²) in [5.74, 6) is 1.97. The Hall–Kier alpha value is -0.800. The smallest absolute Gasteiger partial charge is 0.140 e. The van der Waals surface area contributed by atoms with Crippen LogP contribution in [0.1, 0.15) is 102 Å². The van der Waals surface area contributed by atoms with E-state index in [1.165, 1.54) is 44.1 Å². The number of benzene rings is 1. The molecule has 30 heavy (non-hydrogen) atoms. The number of fused-ring (bicyclic) bond motifs is 2. The summed E-state index contributed by atoms with van der Waals surface area (Å²) in [6, 6.07) is 10.6. The van der Waals surface area contributed by atoms with E-state index < -0.39 is 0 Å². The fourth-order valence-corrected chi connectivity index (χ4v) is 7.72. The average Bonchev–Trinajstić information content (AvgIpc) is 3.09. The largest absolute Gasteiger partial charge is 0.393 e. The lowest BCUT2D eigenvalue weighted by Gasteiger charge is -2.37. The Bertz CT molecular complexity index is 671. The molecule has 1 N–H and O–H groups in total. The van der Waals surface area contributed by atoms with Crippen molar-refractivity contribution < 1.29 is 9.90 Å². The van der Waals surface area contributed by atoms with Crippen LogP contribution in [0.2, 0.25) is 0 Å². The Kier molecular flexibility index (Phi) is 8.49. The first-order valence-corrected chi connectivity index (χ1v) is 13.3. The van der Waals surface area contributed by atoms with Crippen molar-refractivity contribution in [2.45, 2.75) is 103 Å². The van der Waals surface area contributed by atoms with Gasteiger partial charge in [-0.2, -0.15) is 11.8 Å². The average molecular weight is 431 g/mol. The van der Waals surface area contributed by atoms with E-state index in [1.807, 2.05) is 11.8 Å². The first-order chi connectivity index (χ1) is 14.4. The van der Waals surface area contributed by atoms with Crippen LogP contribution >= 0.6 is 11.8 Å². The standard InChI is InChI=1S/C27H42O2S/c1-4-5-6-7-8-12-15-23(28)19-24(21-13-10-9-11-14-21)30-20-27-17-16-22(18-25(27)29)26(27,2)3/h9-11,13-14,22-24,28H,4-8,12,15-20H2,1-3H3/t22-,23+,24-,27-/m0/s1. The highest BCUT2D eigenvalue weighted by Gasteiger charge is 2.63. The third-order valence-electron chi connectivity index (χ3n) is 8.22. The van der Waals surface area contributed by atoms with Crippen molar-refractivity contribution in [1.82, 2.24) is 0 Å². The van der Waals surface area contributed by atoms with Gasteiger partial charge < -0.3 is 5.11 Å². The third-order valence-corrected chi connectivity index (χ3v) is 9.74. The molecule has 2 saturated carbocycles. The normalized spacial score (nSPS) is 26.8. The summed E-state index contributed by atoms with van der Waals surface area (Å²) in [6.45, 7) is 6.89. The van der Waals surface area contributed by atoms with Crippen LogP contribution < -0.4 is 0 Å². The monoisotopic (exact) mass is 430 g/mol. The van der Waals surface area contributed by atoms with Crippen molar-refractivity contribution in [3.8, 4) is 0 Å². The zero-order valence-corrected chi connectivity index (χ0v) is 20.2. The lowest BCUT2D eigenvalue weighted by Crippen LogP contribution is -2.38. The predicted octanol–water partition coefficient (Wildman–Crippen LogP) is 7.36. The van der Waals surface area contributed by atoms with Gasteiger partial charge in [-0.05, 0) is 42.6 Å². The Morgan fingerprint density at radius 1 is 1.10 bits per heavy atom. The van der Waals surface area contributed by atoms with E-state index in [0.29, 0.717) is 11.7 Å². The van der Waals surface area contributed by atoms with Crippen LogP contribution in [0.15, 0.2) is 30.3 Å². The molecule has 2 fully saturated rings. The first kappa shape index (κ1) is 23.9. The van der Waals surface area contributed by atoms with Crippen LogP contribution in [-0.4, -0.2) is 22.7 Å². The molecule has 2 bridgehead atoms. The quantitative estimate of drug-likeness (QED) is 0.332. The van der Waals surface area contributed by atoms with Gasteiger partial charge in [0.05, 0.1) is 6.10 Å². The van der Waals surface area contributed by atoms with Gasteiger partial charge in [0.1, 0.15) is 5.78 Å². The van der Waals surface area contributed by atoms with Gasteiger partial charge in [-0.3, -0.25) is 4.79 Å². The number of aliphatic hydroxyl groups is 1. The molecule has 0 unspecified atom stereocenters. The number of unbranched alkanes of at least 4 members (excludes halogenated alkanes) is 5. The fourth-order valence-electron chi connectivity index (χ4n) is 5.84. The molecule has 0 heterocycles. The summed E-state index contributed by atoms with van der Waals surface area (Å²) in [5, 5.41) is 11.0. The van der Waals surface area contributed by atoms with Gasteiger partial charge in [0, 0.05) is 22.8 Å². The molecular formula is C27H42O2S. The Morgan fingerprint density at radius 2 is 1.80 bits per heavy atom. The molecule has 0 radical (unpaired) electrons. The van der Waals surface area contributed by atoms with E-state index >= 15 is 0 Å². The zero-order valence-electron chi connectivity index (χ0n) is 19.4. The van der Waals surface area contributed by atoms with E-state index in [0.717, 1.165) is 37.9 Å². The van der Waals surface area contributed by atoms with Crippen molar-refractivity contribution in [2.75, 3.05) is 5.75 Å². The van der Waals surface area contributed by atoms with E-state index in [9.17, 15) is 9.90 Å². The molecule has 168 valence electrons. The van der Waals surface area contributed by atoms with Crippen LogP contribution in [0.3, 0.4) is 0 Å². The summed E-state index contributed by atoms with van der Waals surface area (Å²) in [5.41, 5.74) is 1.26. The zero-order chi connectivity index (χ0) is 21.6. The van der Waals surface area contributed by atoms with Crippen molar-refractivity contribution in [3.05, 3.63) is 35.9 Å². The van der Waals surface area contributed by atoms with Crippen molar-refractivity contribution in [1.29, 1.82) is 0 Å². The number of thioether (sulfide) groups is 1. The highest BCUT2D eigenvalue weighted by Crippen LogP contribution is 2.65. The van der Waals surface area contributed by atoms with Crippen LogP contribution in [0.5, 0.6) is 0 Å². The van der Waals surface area contributed by atoms with Crippen molar-refractivity contribution in [3.63, 3.8) is 0 Å². The van der Waals surface area contributed by atoms with Crippen LogP contribution in [0.4, 0.5) is 0 Å². The molecule has 2 aliphatic carbocycles. The maximum atomic E-state index is 12.9. The highest BCUT2D eigenvalue weighted by molar-refractivity contribution is 7.99. The van der Waals surface area contributed by atoms with Gasteiger partial charge in [-0.25, -0.2) is 0 Å². The van der Waals surface area contributed by atoms with Crippen LogP contribution in [-0.2, 0) is 4.79 Å². The molecule has 0 amide bonds.